The molecule has 5 nitrogen and oxygen atoms in total. The fourth-order valence-corrected chi connectivity index (χ4v) is 0.887. The lowest BCUT2D eigenvalue weighted by molar-refractivity contribution is -0.136. The highest BCUT2D eigenvalue weighted by molar-refractivity contribution is 5.78. The molecule has 1 saturated heterocycles. The van der Waals surface area contributed by atoms with E-state index in [1.54, 1.807) is 0 Å². The predicted molar refractivity (Wildman–Crippen MR) is 36.6 cm³/mol. The molecule has 0 spiro atoms. The van der Waals surface area contributed by atoms with E-state index in [4.69, 9.17) is 10.5 Å². The summed E-state index contributed by atoms with van der Waals surface area (Å²) in [7, 11) is 0. The lowest BCUT2D eigenvalue weighted by atomic mass is 10.2. The summed E-state index contributed by atoms with van der Waals surface area (Å²) in [6, 6.07) is 0. The second-order valence-electron chi connectivity index (χ2n) is 2.41. The van der Waals surface area contributed by atoms with Gasteiger partial charge in [0.1, 0.15) is 6.61 Å². The molecule has 1 aliphatic heterocycles. The van der Waals surface area contributed by atoms with Crippen LogP contribution in [0.1, 0.15) is 6.42 Å². The van der Waals surface area contributed by atoms with E-state index in [1.165, 1.54) is 0 Å². The second kappa shape index (κ2) is 3.34. The van der Waals surface area contributed by atoms with Gasteiger partial charge in [-0.05, 0) is 0 Å². The van der Waals surface area contributed by atoms with E-state index in [-0.39, 0.29) is 25.0 Å². The maximum absolute atomic E-state index is 10.5. The van der Waals surface area contributed by atoms with Crippen molar-refractivity contribution >= 4 is 11.8 Å². The first-order chi connectivity index (χ1) is 5.18. The highest BCUT2D eigenvalue weighted by Gasteiger charge is 2.19. The largest absolute Gasteiger partial charge is 0.370 e. The molecule has 0 radical (unpaired) electrons. The quantitative estimate of drug-likeness (QED) is 0.506. The van der Waals surface area contributed by atoms with Crippen molar-refractivity contribution in [2.75, 3.05) is 13.2 Å². The first kappa shape index (κ1) is 8.00. The topological polar surface area (TPSA) is 81.4 Å². The highest BCUT2D eigenvalue weighted by Crippen LogP contribution is 2.00. The Bertz CT molecular complexity index is 171. The predicted octanol–water partition coefficient (Wildman–Crippen LogP) is -1.62. The molecule has 1 atom stereocenters. The van der Waals surface area contributed by atoms with Gasteiger partial charge in [0, 0.05) is 6.54 Å². The van der Waals surface area contributed by atoms with Gasteiger partial charge >= 0.3 is 0 Å². The summed E-state index contributed by atoms with van der Waals surface area (Å²) in [5, 5.41) is 2.57. The van der Waals surface area contributed by atoms with Gasteiger partial charge in [0.2, 0.25) is 11.8 Å². The van der Waals surface area contributed by atoms with Gasteiger partial charge < -0.3 is 15.8 Å². The molecule has 2 amide bonds. The maximum Gasteiger partial charge on any atom is 0.246 e. The molecule has 5 heteroatoms. The molecule has 0 aliphatic carbocycles. The average Bonchev–Trinajstić information content (AvgIpc) is 1.93. The summed E-state index contributed by atoms with van der Waals surface area (Å²) in [5.41, 5.74) is 4.93. The van der Waals surface area contributed by atoms with Gasteiger partial charge in [-0.1, -0.05) is 0 Å². The number of hydrogen-bond donors (Lipinski definition) is 2. The van der Waals surface area contributed by atoms with Crippen LogP contribution < -0.4 is 11.1 Å². The van der Waals surface area contributed by atoms with Gasteiger partial charge in [-0.3, -0.25) is 9.59 Å². The average molecular weight is 158 g/mol. The Morgan fingerprint density at radius 2 is 2.55 bits per heavy atom. The van der Waals surface area contributed by atoms with E-state index in [1.807, 2.05) is 0 Å². The van der Waals surface area contributed by atoms with Crippen LogP contribution in [-0.2, 0) is 14.3 Å². The number of carbonyl (C=O) groups is 2. The molecule has 3 N–H and O–H groups in total. The normalized spacial score (nSPS) is 24.4. The third-order valence-electron chi connectivity index (χ3n) is 1.41. The fraction of sp³-hybridized carbons (Fsp3) is 0.667. The highest BCUT2D eigenvalue weighted by atomic mass is 16.5. The molecular formula is C6H10N2O3. The van der Waals surface area contributed by atoms with Crippen molar-refractivity contribution in [3.63, 3.8) is 0 Å². The number of nitrogens with one attached hydrogen (secondary N) is 1. The number of morpholine rings is 1. The molecule has 0 aromatic carbocycles. The van der Waals surface area contributed by atoms with Crippen LogP contribution in [0.3, 0.4) is 0 Å². The zero-order chi connectivity index (χ0) is 8.27. The molecular weight excluding hydrogens is 148 g/mol. The second-order valence-corrected chi connectivity index (χ2v) is 2.41. The van der Waals surface area contributed by atoms with Gasteiger partial charge in [-0.15, -0.1) is 0 Å². The van der Waals surface area contributed by atoms with Gasteiger partial charge in [-0.25, -0.2) is 0 Å². The first-order valence-electron chi connectivity index (χ1n) is 3.35. The molecule has 1 heterocycles. The minimum Gasteiger partial charge on any atom is -0.370 e. The van der Waals surface area contributed by atoms with Crippen molar-refractivity contribution in [2.45, 2.75) is 12.5 Å². The SMILES string of the molecule is NC(=O)CC1CNC(=O)CO1. The number of rotatable bonds is 2. The van der Waals surface area contributed by atoms with Crippen LogP contribution in [0.25, 0.3) is 0 Å². The van der Waals surface area contributed by atoms with E-state index in [0.29, 0.717) is 6.54 Å². The van der Waals surface area contributed by atoms with Crippen molar-refractivity contribution in [3.05, 3.63) is 0 Å². The monoisotopic (exact) mass is 158 g/mol. The number of amides is 2. The summed E-state index contributed by atoms with van der Waals surface area (Å²) < 4.78 is 4.99. The minimum absolute atomic E-state index is 0.0257. The lowest BCUT2D eigenvalue weighted by Gasteiger charge is -2.21. The van der Waals surface area contributed by atoms with Crippen molar-refractivity contribution in [1.29, 1.82) is 0 Å². The Morgan fingerprint density at radius 1 is 1.82 bits per heavy atom. The van der Waals surface area contributed by atoms with Crippen LogP contribution in [0.2, 0.25) is 0 Å². The van der Waals surface area contributed by atoms with Crippen LogP contribution in [0, 0.1) is 0 Å². The Kier molecular flexibility index (Phi) is 2.43. The number of ether oxygens (including phenoxy) is 1. The van der Waals surface area contributed by atoms with Crippen LogP contribution in [0.4, 0.5) is 0 Å². The Hall–Kier alpha value is -1.10. The van der Waals surface area contributed by atoms with E-state index in [9.17, 15) is 9.59 Å². The summed E-state index contributed by atoms with van der Waals surface area (Å²) in [5.74, 6) is -0.558. The zero-order valence-electron chi connectivity index (χ0n) is 6.00. The van der Waals surface area contributed by atoms with E-state index in [0.717, 1.165) is 0 Å². The number of hydrogen-bond acceptors (Lipinski definition) is 3. The van der Waals surface area contributed by atoms with E-state index < -0.39 is 5.91 Å². The minimum atomic E-state index is -0.411. The Morgan fingerprint density at radius 3 is 3.00 bits per heavy atom. The van der Waals surface area contributed by atoms with Crippen LogP contribution >= 0.6 is 0 Å². The van der Waals surface area contributed by atoms with Crippen LogP contribution in [-0.4, -0.2) is 31.1 Å². The molecule has 62 valence electrons. The molecule has 11 heavy (non-hydrogen) atoms. The molecule has 1 fully saturated rings. The molecule has 0 bridgehead atoms. The maximum atomic E-state index is 10.5. The van der Waals surface area contributed by atoms with Crippen molar-refractivity contribution < 1.29 is 14.3 Å². The fourth-order valence-electron chi connectivity index (χ4n) is 0.887. The molecule has 0 saturated carbocycles. The third-order valence-corrected chi connectivity index (χ3v) is 1.41. The zero-order valence-corrected chi connectivity index (χ0v) is 6.00. The summed E-state index contributed by atoms with van der Waals surface area (Å²) in [6.45, 7) is 0.402. The molecule has 1 rings (SSSR count). The Balaban J connectivity index is 2.28. The lowest BCUT2D eigenvalue weighted by Crippen LogP contribution is -2.44. The van der Waals surface area contributed by atoms with Crippen molar-refractivity contribution in [3.8, 4) is 0 Å². The number of nitrogens with two attached hydrogens (primary N) is 1. The van der Waals surface area contributed by atoms with E-state index >= 15 is 0 Å². The smallest absolute Gasteiger partial charge is 0.246 e. The Labute approximate surface area is 63.9 Å². The molecule has 0 aromatic heterocycles. The summed E-state index contributed by atoms with van der Waals surface area (Å²) >= 11 is 0. The van der Waals surface area contributed by atoms with Gasteiger partial charge in [0.15, 0.2) is 0 Å². The van der Waals surface area contributed by atoms with E-state index in [2.05, 4.69) is 5.32 Å². The summed E-state index contributed by atoms with van der Waals surface area (Å²) in [4.78, 5) is 20.9. The van der Waals surface area contributed by atoms with Crippen LogP contribution in [0.15, 0.2) is 0 Å². The van der Waals surface area contributed by atoms with Crippen molar-refractivity contribution in [1.82, 2.24) is 5.32 Å². The molecule has 1 unspecified atom stereocenters. The first-order valence-corrected chi connectivity index (χ1v) is 3.35. The number of primary amides is 1. The number of carbonyl (C=O) groups excluding carboxylic acids is 2. The summed E-state index contributed by atoms with van der Waals surface area (Å²) in [6.07, 6.45) is -0.0782. The third kappa shape index (κ3) is 2.55. The van der Waals surface area contributed by atoms with Gasteiger partial charge in [0.25, 0.3) is 0 Å². The van der Waals surface area contributed by atoms with Crippen molar-refractivity contribution in [2.24, 2.45) is 5.73 Å². The molecule has 1 aliphatic rings. The standard InChI is InChI=1S/C6H10N2O3/c7-5(9)1-4-2-8-6(10)3-11-4/h4H,1-3H2,(H2,7,9)(H,8,10). The van der Waals surface area contributed by atoms with Gasteiger partial charge in [0.05, 0.1) is 12.5 Å². The molecule has 0 aromatic rings. The van der Waals surface area contributed by atoms with Gasteiger partial charge in [-0.2, -0.15) is 0 Å². The van der Waals surface area contributed by atoms with Crippen LogP contribution in [0.5, 0.6) is 0 Å².